The summed E-state index contributed by atoms with van der Waals surface area (Å²) in [6.45, 7) is 0. The minimum Gasteiger partial charge on any atom is -0.440 e. The first-order chi connectivity index (χ1) is 13.8. The number of rotatable bonds is 3. The Hall–Kier alpha value is -3.34. The Morgan fingerprint density at radius 1 is 0.964 bits per heavy atom. The first-order valence-corrected chi connectivity index (χ1v) is 9.37. The highest BCUT2D eigenvalue weighted by atomic mass is 19.1. The van der Waals surface area contributed by atoms with Crippen molar-refractivity contribution in [3.8, 4) is 22.7 Å². The molecule has 0 spiro atoms. The highest BCUT2D eigenvalue weighted by molar-refractivity contribution is 5.64. The second-order valence-corrected chi connectivity index (χ2v) is 7.05. The van der Waals surface area contributed by atoms with Crippen LogP contribution in [-0.2, 0) is 12.8 Å². The van der Waals surface area contributed by atoms with Gasteiger partial charge in [-0.1, -0.05) is 12.1 Å². The number of benzene rings is 1. The molecule has 28 heavy (non-hydrogen) atoms. The predicted octanol–water partition coefficient (Wildman–Crippen LogP) is 5.21. The molecule has 0 fully saturated rings. The first kappa shape index (κ1) is 16.8. The number of hydrogen-bond donors (Lipinski definition) is 0. The van der Waals surface area contributed by atoms with Crippen molar-refractivity contribution in [3.05, 3.63) is 90.0 Å². The molecule has 1 aliphatic rings. The zero-order valence-corrected chi connectivity index (χ0v) is 15.2. The third kappa shape index (κ3) is 3.20. The normalized spacial score (nSPS) is 16.0. The van der Waals surface area contributed by atoms with E-state index in [1.165, 1.54) is 0 Å². The smallest absolute Gasteiger partial charge is 0.245 e. The fourth-order valence-electron chi connectivity index (χ4n) is 3.82. The summed E-state index contributed by atoms with van der Waals surface area (Å²) in [4.78, 5) is 13.0. The number of halogens is 1. The van der Waals surface area contributed by atoms with Gasteiger partial charge in [-0.3, -0.25) is 9.97 Å². The van der Waals surface area contributed by atoms with E-state index in [1.54, 1.807) is 30.7 Å². The Labute approximate surface area is 162 Å². The van der Waals surface area contributed by atoms with Gasteiger partial charge in [0, 0.05) is 25.0 Å². The molecule has 0 radical (unpaired) electrons. The number of fused-ring (bicyclic) bond motifs is 1. The number of aromatic nitrogens is 3. The van der Waals surface area contributed by atoms with Crippen LogP contribution in [0.3, 0.4) is 0 Å². The van der Waals surface area contributed by atoms with Gasteiger partial charge in [-0.25, -0.2) is 9.37 Å². The van der Waals surface area contributed by atoms with E-state index in [9.17, 15) is 4.39 Å². The van der Waals surface area contributed by atoms with Crippen LogP contribution < -0.4 is 0 Å². The highest BCUT2D eigenvalue weighted by Gasteiger charge is 2.26. The van der Waals surface area contributed by atoms with Crippen LogP contribution in [0.2, 0.25) is 0 Å². The molecule has 4 nitrogen and oxygen atoms in total. The third-order valence-corrected chi connectivity index (χ3v) is 5.23. The summed E-state index contributed by atoms with van der Waals surface area (Å²) >= 11 is 0. The maximum Gasteiger partial charge on any atom is 0.245 e. The molecule has 0 saturated carbocycles. The SMILES string of the molecule is Fc1cc(-c2ccncc2)cc(C2CCc3nc(-c4ccccn4)oc3C2)c1. The summed E-state index contributed by atoms with van der Waals surface area (Å²) in [6, 6.07) is 14.7. The van der Waals surface area contributed by atoms with Crippen LogP contribution in [0.15, 0.2) is 71.5 Å². The van der Waals surface area contributed by atoms with Gasteiger partial charge in [-0.2, -0.15) is 0 Å². The van der Waals surface area contributed by atoms with Crippen molar-refractivity contribution in [3.63, 3.8) is 0 Å². The van der Waals surface area contributed by atoms with Gasteiger partial charge < -0.3 is 4.42 Å². The molecule has 1 aromatic carbocycles. The van der Waals surface area contributed by atoms with Gasteiger partial charge >= 0.3 is 0 Å². The van der Waals surface area contributed by atoms with Crippen molar-refractivity contribution in [2.75, 3.05) is 0 Å². The van der Waals surface area contributed by atoms with Crippen molar-refractivity contribution in [2.24, 2.45) is 0 Å². The Kier molecular flexibility index (Phi) is 4.20. The minimum atomic E-state index is -0.221. The Morgan fingerprint density at radius 2 is 1.86 bits per heavy atom. The maximum absolute atomic E-state index is 14.3. The largest absolute Gasteiger partial charge is 0.440 e. The van der Waals surface area contributed by atoms with Gasteiger partial charge in [0.25, 0.3) is 0 Å². The van der Waals surface area contributed by atoms with E-state index in [1.807, 2.05) is 30.3 Å². The number of hydrogen-bond acceptors (Lipinski definition) is 4. The minimum absolute atomic E-state index is 0.202. The van der Waals surface area contributed by atoms with Crippen LogP contribution in [0.25, 0.3) is 22.7 Å². The standard InChI is InChI=1S/C23H18FN3O/c24-19-12-17(15-6-9-25-10-7-15)11-18(13-19)16-4-5-20-22(14-16)28-23(27-20)21-3-1-2-8-26-21/h1-3,6-13,16H,4-5,14H2. The molecule has 1 atom stereocenters. The number of nitrogens with zero attached hydrogens (tertiary/aromatic N) is 3. The average molecular weight is 371 g/mol. The average Bonchev–Trinajstić information content (AvgIpc) is 3.18. The van der Waals surface area contributed by atoms with Gasteiger partial charge in [0.1, 0.15) is 17.3 Å². The van der Waals surface area contributed by atoms with Crippen molar-refractivity contribution in [1.82, 2.24) is 15.0 Å². The van der Waals surface area contributed by atoms with E-state index in [0.29, 0.717) is 12.3 Å². The van der Waals surface area contributed by atoms with Crippen molar-refractivity contribution in [1.29, 1.82) is 0 Å². The van der Waals surface area contributed by atoms with E-state index >= 15 is 0 Å². The van der Waals surface area contributed by atoms with E-state index in [-0.39, 0.29) is 11.7 Å². The molecule has 1 unspecified atom stereocenters. The highest BCUT2D eigenvalue weighted by Crippen LogP contribution is 2.36. The summed E-state index contributed by atoms with van der Waals surface area (Å²) in [5, 5.41) is 0. The van der Waals surface area contributed by atoms with Crippen LogP contribution in [-0.4, -0.2) is 15.0 Å². The first-order valence-electron chi connectivity index (χ1n) is 9.37. The number of oxazole rings is 1. The molecule has 4 aromatic rings. The lowest BCUT2D eigenvalue weighted by Gasteiger charge is -2.21. The lowest BCUT2D eigenvalue weighted by molar-refractivity contribution is 0.456. The van der Waals surface area contributed by atoms with E-state index in [4.69, 9.17) is 4.42 Å². The fraction of sp³-hybridized carbons (Fsp3) is 0.174. The van der Waals surface area contributed by atoms with Crippen LogP contribution in [0.5, 0.6) is 0 Å². The maximum atomic E-state index is 14.3. The van der Waals surface area contributed by atoms with Crippen LogP contribution in [0, 0.1) is 5.82 Å². The second-order valence-electron chi connectivity index (χ2n) is 7.05. The number of pyridine rings is 2. The molecule has 3 aromatic heterocycles. The summed E-state index contributed by atoms with van der Waals surface area (Å²) in [5.41, 5.74) is 4.55. The summed E-state index contributed by atoms with van der Waals surface area (Å²) in [6.07, 6.45) is 7.63. The zero-order valence-electron chi connectivity index (χ0n) is 15.2. The molecule has 5 rings (SSSR count). The van der Waals surface area contributed by atoms with Crippen molar-refractivity contribution in [2.45, 2.75) is 25.2 Å². The zero-order chi connectivity index (χ0) is 18.9. The second kappa shape index (κ2) is 7.00. The fourth-order valence-corrected chi connectivity index (χ4v) is 3.82. The van der Waals surface area contributed by atoms with Gasteiger partial charge in [0.15, 0.2) is 0 Å². The molecular weight excluding hydrogens is 353 g/mol. The topological polar surface area (TPSA) is 51.8 Å². The van der Waals surface area contributed by atoms with Crippen molar-refractivity contribution < 1.29 is 8.81 Å². The van der Waals surface area contributed by atoms with Crippen LogP contribution in [0.4, 0.5) is 4.39 Å². The summed E-state index contributed by atoms with van der Waals surface area (Å²) in [7, 11) is 0. The Balaban J connectivity index is 1.45. The molecule has 0 amide bonds. The van der Waals surface area contributed by atoms with E-state index in [2.05, 4.69) is 21.0 Å². The molecule has 3 heterocycles. The van der Waals surface area contributed by atoms with Crippen LogP contribution >= 0.6 is 0 Å². The van der Waals surface area contributed by atoms with Gasteiger partial charge in [-0.05, 0) is 71.8 Å². The molecule has 0 saturated heterocycles. The van der Waals surface area contributed by atoms with Gasteiger partial charge in [-0.15, -0.1) is 0 Å². The molecule has 0 aliphatic heterocycles. The summed E-state index contributed by atoms with van der Waals surface area (Å²) < 4.78 is 20.3. The van der Waals surface area contributed by atoms with Crippen molar-refractivity contribution >= 4 is 0 Å². The van der Waals surface area contributed by atoms with E-state index < -0.39 is 0 Å². The molecule has 1 aliphatic carbocycles. The monoisotopic (exact) mass is 371 g/mol. The van der Waals surface area contributed by atoms with Gasteiger partial charge in [0.2, 0.25) is 5.89 Å². The molecule has 138 valence electrons. The van der Waals surface area contributed by atoms with Crippen LogP contribution in [0.1, 0.15) is 29.4 Å². The molecule has 0 N–H and O–H groups in total. The Bertz CT molecular complexity index is 1110. The predicted molar refractivity (Wildman–Crippen MR) is 104 cm³/mol. The number of aryl methyl sites for hydroxylation is 1. The quantitative estimate of drug-likeness (QED) is 0.496. The summed E-state index contributed by atoms with van der Waals surface area (Å²) in [5.74, 6) is 1.42. The molecule has 0 bridgehead atoms. The molecule has 5 heteroatoms. The Morgan fingerprint density at radius 3 is 2.68 bits per heavy atom. The lowest BCUT2D eigenvalue weighted by Crippen LogP contribution is -2.12. The third-order valence-electron chi connectivity index (χ3n) is 5.23. The van der Waals surface area contributed by atoms with E-state index in [0.717, 1.165) is 46.7 Å². The van der Waals surface area contributed by atoms with Gasteiger partial charge in [0.05, 0.1) is 5.69 Å². The molecular formula is C23H18FN3O. The lowest BCUT2D eigenvalue weighted by atomic mass is 9.84.